The van der Waals surface area contributed by atoms with Crippen LogP contribution in [0, 0.1) is 6.92 Å². The molecule has 6 nitrogen and oxygen atoms in total. The van der Waals surface area contributed by atoms with Gasteiger partial charge in [-0.25, -0.2) is 4.99 Å². The van der Waals surface area contributed by atoms with E-state index in [2.05, 4.69) is 4.99 Å². The van der Waals surface area contributed by atoms with Gasteiger partial charge in [-0.3, -0.25) is 9.69 Å². The van der Waals surface area contributed by atoms with Crippen molar-refractivity contribution in [2.45, 2.75) is 13.8 Å². The third-order valence-electron chi connectivity index (χ3n) is 3.93. The molecule has 1 fully saturated rings. The number of aryl methyl sites for hydroxylation is 1. The largest absolute Gasteiger partial charge is 0.506 e. The van der Waals surface area contributed by atoms with E-state index in [1.54, 1.807) is 37.4 Å². The van der Waals surface area contributed by atoms with Gasteiger partial charge in [-0.15, -0.1) is 0 Å². The van der Waals surface area contributed by atoms with Crippen molar-refractivity contribution in [2.75, 3.05) is 13.7 Å². The van der Waals surface area contributed by atoms with E-state index in [9.17, 15) is 15.0 Å². The maximum absolute atomic E-state index is 12.5. The molecule has 0 radical (unpaired) electrons. The fourth-order valence-corrected chi connectivity index (χ4v) is 3.51. The fourth-order valence-electron chi connectivity index (χ4n) is 2.53. The van der Waals surface area contributed by atoms with Gasteiger partial charge in [0.25, 0.3) is 5.91 Å². The van der Waals surface area contributed by atoms with Crippen LogP contribution in [0.2, 0.25) is 0 Å². The first-order valence-electron chi connectivity index (χ1n) is 8.40. The molecule has 1 amide bonds. The minimum atomic E-state index is -0.184. The summed E-state index contributed by atoms with van der Waals surface area (Å²) in [6, 6.07) is 10.1. The van der Waals surface area contributed by atoms with Gasteiger partial charge in [-0.1, -0.05) is 12.1 Å². The van der Waals surface area contributed by atoms with E-state index in [0.29, 0.717) is 28.1 Å². The van der Waals surface area contributed by atoms with Gasteiger partial charge in [0.15, 0.2) is 16.7 Å². The maximum Gasteiger partial charge on any atom is 0.266 e. The highest BCUT2D eigenvalue weighted by Crippen LogP contribution is 2.36. The van der Waals surface area contributed by atoms with Crippen LogP contribution in [0.25, 0.3) is 6.08 Å². The number of carbonyl (C=O) groups excluding carboxylic acids is 1. The minimum Gasteiger partial charge on any atom is -0.506 e. The molecule has 0 aliphatic carbocycles. The zero-order chi connectivity index (χ0) is 19.6. The standard InChI is InChI=1S/C20H20N2O4S/c1-4-26-17-10-13(6-8-15(17)23)11-18-19(25)22(3)20(27-18)21-14-7-5-12(2)9-16(14)24/h5-11,23-24H,4H2,1-3H3/b18-11-,21-20?. The lowest BCUT2D eigenvalue weighted by molar-refractivity contribution is -0.121. The van der Waals surface area contributed by atoms with E-state index < -0.39 is 0 Å². The number of hydrogen-bond acceptors (Lipinski definition) is 6. The number of carbonyl (C=O) groups is 1. The molecule has 0 atom stereocenters. The Morgan fingerprint density at radius 1 is 1.19 bits per heavy atom. The summed E-state index contributed by atoms with van der Waals surface area (Å²) >= 11 is 1.23. The van der Waals surface area contributed by atoms with Crippen LogP contribution in [-0.2, 0) is 4.79 Å². The number of amides is 1. The average molecular weight is 384 g/mol. The Bertz CT molecular complexity index is 953. The maximum atomic E-state index is 12.5. The van der Waals surface area contributed by atoms with Crippen molar-refractivity contribution in [3.63, 3.8) is 0 Å². The predicted molar refractivity (Wildman–Crippen MR) is 108 cm³/mol. The number of thioether (sulfide) groups is 1. The monoisotopic (exact) mass is 384 g/mol. The average Bonchev–Trinajstić information content (AvgIpc) is 2.88. The van der Waals surface area contributed by atoms with Crippen molar-refractivity contribution in [3.8, 4) is 17.2 Å². The van der Waals surface area contributed by atoms with Crippen molar-refractivity contribution in [1.29, 1.82) is 0 Å². The molecule has 1 heterocycles. The summed E-state index contributed by atoms with van der Waals surface area (Å²) in [6.45, 7) is 4.14. The highest BCUT2D eigenvalue weighted by Gasteiger charge is 2.30. The second kappa shape index (κ2) is 7.75. The van der Waals surface area contributed by atoms with E-state index in [4.69, 9.17) is 4.74 Å². The van der Waals surface area contributed by atoms with Gasteiger partial charge in [0.1, 0.15) is 11.4 Å². The number of aliphatic imine (C=N–C) groups is 1. The van der Waals surface area contributed by atoms with Crippen molar-refractivity contribution < 1.29 is 19.7 Å². The van der Waals surface area contributed by atoms with Gasteiger partial charge in [0.2, 0.25) is 0 Å². The van der Waals surface area contributed by atoms with E-state index in [1.807, 2.05) is 19.9 Å². The molecule has 0 bridgehead atoms. The van der Waals surface area contributed by atoms with Gasteiger partial charge in [0.05, 0.1) is 11.5 Å². The first-order valence-corrected chi connectivity index (χ1v) is 9.22. The predicted octanol–water partition coefficient (Wildman–Crippen LogP) is 4.04. The quantitative estimate of drug-likeness (QED) is 0.778. The third-order valence-corrected chi connectivity index (χ3v) is 4.99. The van der Waals surface area contributed by atoms with Crippen LogP contribution < -0.4 is 4.74 Å². The molecule has 2 aromatic rings. The molecule has 140 valence electrons. The number of likely N-dealkylation sites (N-methyl/N-ethyl adjacent to an activating group) is 1. The molecular formula is C20H20N2O4S. The molecule has 1 aliphatic heterocycles. The first-order chi connectivity index (χ1) is 12.9. The summed E-state index contributed by atoms with van der Waals surface area (Å²) in [6.07, 6.45) is 1.73. The number of aromatic hydroxyl groups is 2. The molecule has 0 spiro atoms. The summed E-state index contributed by atoms with van der Waals surface area (Å²) in [5.74, 6) is 0.311. The summed E-state index contributed by atoms with van der Waals surface area (Å²) < 4.78 is 5.38. The second-order valence-corrected chi connectivity index (χ2v) is 7.03. The third kappa shape index (κ3) is 4.09. The van der Waals surface area contributed by atoms with Crippen LogP contribution in [0.15, 0.2) is 46.3 Å². The summed E-state index contributed by atoms with van der Waals surface area (Å²) in [7, 11) is 1.64. The van der Waals surface area contributed by atoms with E-state index in [1.165, 1.54) is 22.7 Å². The van der Waals surface area contributed by atoms with Crippen LogP contribution in [0.1, 0.15) is 18.1 Å². The molecule has 2 N–H and O–H groups in total. The van der Waals surface area contributed by atoms with Gasteiger partial charge < -0.3 is 14.9 Å². The molecule has 0 saturated carbocycles. The van der Waals surface area contributed by atoms with Crippen molar-refractivity contribution >= 4 is 34.6 Å². The molecule has 1 saturated heterocycles. The van der Waals surface area contributed by atoms with Crippen molar-refractivity contribution in [2.24, 2.45) is 4.99 Å². The molecule has 7 heteroatoms. The molecule has 3 rings (SSSR count). The van der Waals surface area contributed by atoms with E-state index >= 15 is 0 Å². The smallest absolute Gasteiger partial charge is 0.266 e. The lowest BCUT2D eigenvalue weighted by Gasteiger charge is -2.08. The Labute approximate surface area is 161 Å². The molecular weight excluding hydrogens is 364 g/mol. The van der Waals surface area contributed by atoms with Gasteiger partial charge in [0, 0.05) is 7.05 Å². The summed E-state index contributed by atoms with van der Waals surface area (Å²) in [5, 5.41) is 20.3. The molecule has 27 heavy (non-hydrogen) atoms. The zero-order valence-electron chi connectivity index (χ0n) is 15.3. The number of ether oxygens (including phenoxy) is 1. The Hall–Kier alpha value is -2.93. The number of nitrogens with zero attached hydrogens (tertiary/aromatic N) is 2. The van der Waals surface area contributed by atoms with Crippen LogP contribution >= 0.6 is 11.8 Å². The first kappa shape index (κ1) is 18.8. The number of hydrogen-bond donors (Lipinski definition) is 2. The molecule has 1 aliphatic rings. The Balaban J connectivity index is 1.90. The van der Waals surface area contributed by atoms with Gasteiger partial charge in [-0.05, 0) is 67.1 Å². The summed E-state index contributed by atoms with van der Waals surface area (Å²) in [4.78, 5) is 18.9. The lowest BCUT2D eigenvalue weighted by Crippen LogP contribution is -2.23. The Kier molecular flexibility index (Phi) is 5.41. The number of phenols is 2. The van der Waals surface area contributed by atoms with Crippen LogP contribution in [-0.4, -0.2) is 39.8 Å². The Morgan fingerprint density at radius 2 is 1.96 bits per heavy atom. The lowest BCUT2D eigenvalue weighted by atomic mass is 10.2. The van der Waals surface area contributed by atoms with Gasteiger partial charge in [-0.2, -0.15) is 0 Å². The van der Waals surface area contributed by atoms with E-state index in [0.717, 1.165) is 11.1 Å². The number of phenolic OH excluding ortho intramolecular Hbond substituents is 2. The van der Waals surface area contributed by atoms with Gasteiger partial charge >= 0.3 is 0 Å². The summed E-state index contributed by atoms with van der Waals surface area (Å²) in [5.41, 5.74) is 2.07. The number of rotatable bonds is 4. The molecule has 0 aromatic heterocycles. The molecule has 2 aromatic carbocycles. The fraction of sp³-hybridized carbons (Fsp3) is 0.200. The molecule has 0 unspecified atom stereocenters. The number of amidine groups is 1. The normalized spacial score (nSPS) is 17.1. The topological polar surface area (TPSA) is 82.4 Å². The van der Waals surface area contributed by atoms with E-state index in [-0.39, 0.29) is 17.4 Å². The van der Waals surface area contributed by atoms with Crippen molar-refractivity contribution in [1.82, 2.24) is 4.90 Å². The van der Waals surface area contributed by atoms with Crippen molar-refractivity contribution in [3.05, 3.63) is 52.4 Å². The highest BCUT2D eigenvalue weighted by atomic mass is 32.2. The van der Waals surface area contributed by atoms with Crippen LogP contribution in [0.4, 0.5) is 5.69 Å². The highest BCUT2D eigenvalue weighted by molar-refractivity contribution is 8.18. The van der Waals surface area contributed by atoms with Crippen LogP contribution in [0.5, 0.6) is 17.2 Å². The zero-order valence-corrected chi connectivity index (χ0v) is 16.1. The second-order valence-electron chi connectivity index (χ2n) is 6.02. The number of benzene rings is 2. The van der Waals surface area contributed by atoms with Crippen LogP contribution in [0.3, 0.4) is 0 Å². The minimum absolute atomic E-state index is 0.0543. The SMILES string of the molecule is CCOc1cc(/C=C2\SC(=Nc3ccc(C)cc3O)N(C)C2=O)ccc1O. The Morgan fingerprint density at radius 3 is 2.67 bits per heavy atom.